The van der Waals surface area contributed by atoms with Crippen LogP contribution in [0.1, 0.15) is 36.6 Å². The maximum absolute atomic E-state index is 12.6. The number of halogens is 1. The Labute approximate surface area is 145 Å². The fourth-order valence-corrected chi connectivity index (χ4v) is 2.49. The summed E-state index contributed by atoms with van der Waals surface area (Å²) < 4.78 is 0. The Morgan fingerprint density at radius 2 is 1.96 bits per heavy atom. The highest BCUT2D eigenvalue weighted by Gasteiger charge is 2.25. The number of pyridine rings is 1. The summed E-state index contributed by atoms with van der Waals surface area (Å²) in [5.74, 6) is -1.52. The first-order valence-corrected chi connectivity index (χ1v) is 7.75. The summed E-state index contributed by atoms with van der Waals surface area (Å²) >= 11 is 5.88. The maximum atomic E-state index is 12.6. The number of carbonyl (C=O) groups excluding carboxylic acids is 2. The van der Waals surface area contributed by atoms with E-state index in [0.29, 0.717) is 10.7 Å². The highest BCUT2D eigenvalue weighted by atomic mass is 35.5. The second-order valence-corrected chi connectivity index (χ2v) is 5.73. The van der Waals surface area contributed by atoms with Crippen molar-refractivity contribution in [3.63, 3.8) is 0 Å². The van der Waals surface area contributed by atoms with Crippen LogP contribution in [-0.2, 0) is 9.59 Å². The topological polar surface area (TPSA) is 82.9 Å². The summed E-state index contributed by atoms with van der Waals surface area (Å²) in [5, 5.41) is 12.6. The molecule has 0 saturated carbocycles. The molecule has 0 bridgehead atoms. The lowest BCUT2D eigenvalue weighted by Gasteiger charge is -2.19. The number of nitrogens with one attached hydrogen (secondary N) is 1. The van der Waals surface area contributed by atoms with Gasteiger partial charge in [-0.05, 0) is 29.8 Å². The van der Waals surface area contributed by atoms with Gasteiger partial charge in [-0.2, -0.15) is 5.26 Å². The number of nitriles is 1. The molecule has 2 rings (SSSR count). The number of aromatic nitrogens is 1. The van der Waals surface area contributed by atoms with Crippen molar-refractivity contribution in [3.05, 3.63) is 64.9 Å². The van der Waals surface area contributed by atoms with Gasteiger partial charge < -0.3 is 5.32 Å². The van der Waals surface area contributed by atoms with Crippen LogP contribution in [0.15, 0.2) is 48.7 Å². The van der Waals surface area contributed by atoms with E-state index in [1.54, 1.807) is 42.5 Å². The van der Waals surface area contributed by atoms with Crippen molar-refractivity contribution >= 4 is 23.3 Å². The molecule has 0 aliphatic rings. The van der Waals surface area contributed by atoms with Crippen LogP contribution < -0.4 is 5.32 Å². The van der Waals surface area contributed by atoms with E-state index in [4.69, 9.17) is 11.6 Å². The van der Waals surface area contributed by atoms with Crippen LogP contribution in [0.3, 0.4) is 0 Å². The summed E-state index contributed by atoms with van der Waals surface area (Å²) in [5.41, 5.74) is 1.16. The number of benzene rings is 1. The molecule has 0 fully saturated rings. The Morgan fingerprint density at radius 3 is 2.50 bits per heavy atom. The van der Waals surface area contributed by atoms with Gasteiger partial charge in [-0.15, -0.1) is 0 Å². The molecule has 1 aromatic heterocycles. The zero-order valence-corrected chi connectivity index (χ0v) is 13.8. The van der Waals surface area contributed by atoms with Gasteiger partial charge >= 0.3 is 0 Å². The van der Waals surface area contributed by atoms with Crippen LogP contribution in [0.4, 0.5) is 0 Å². The molecule has 2 atom stereocenters. The molecule has 1 aromatic carbocycles. The number of ketones is 1. The number of hydrogen-bond acceptors (Lipinski definition) is 4. The largest absolute Gasteiger partial charge is 0.349 e. The van der Waals surface area contributed by atoms with Crippen molar-refractivity contribution in [3.8, 4) is 6.07 Å². The van der Waals surface area contributed by atoms with Gasteiger partial charge in [-0.25, -0.2) is 0 Å². The molecule has 1 heterocycles. The van der Waals surface area contributed by atoms with Gasteiger partial charge in [0.2, 0.25) is 5.91 Å². The van der Waals surface area contributed by atoms with Crippen LogP contribution in [0.2, 0.25) is 5.02 Å². The Hall–Kier alpha value is -2.71. The molecule has 122 valence electrons. The quantitative estimate of drug-likeness (QED) is 0.874. The van der Waals surface area contributed by atoms with Gasteiger partial charge in [0, 0.05) is 24.6 Å². The summed E-state index contributed by atoms with van der Waals surface area (Å²) in [7, 11) is 0. The van der Waals surface area contributed by atoms with Gasteiger partial charge in [0.15, 0.2) is 5.78 Å². The third-order valence-corrected chi connectivity index (χ3v) is 3.74. The number of rotatable bonds is 6. The second kappa shape index (κ2) is 8.23. The third kappa shape index (κ3) is 4.64. The van der Waals surface area contributed by atoms with Gasteiger partial charge in [0.05, 0.1) is 17.8 Å². The highest BCUT2D eigenvalue weighted by molar-refractivity contribution is 6.30. The lowest BCUT2D eigenvalue weighted by Crippen LogP contribution is -2.29. The van der Waals surface area contributed by atoms with Crippen LogP contribution in [0.5, 0.6) is 0 Å². The Kier molecular flexibility index (Phi) is 6.05. The minimum atomic E-state index is -0.963. The lowest BCUT2D eigenvalue weighted by atomic mass is 9.93. The summed E-state index contributed by atoms with van der Waals surface area (Å²) in [4.78, 5) is 28.1. The number of carbonyl (C=O) groups is 2. The van der Waals surface area contributed by atoms with Crippen molar-refractivity contribution < 1.29 is 9.59 Å². The summed E-state index contributed by atoms with van der Waals surface area (Å²) in [6, 6.07) is 13.4. The SMILES string of the molecule is CC(=O)N[C@H](CC(=O)[C@H](C#N)c1ccccn1)c1ccc(Cl)cc1. The van der Waals surface area contributed by atoms with Gasteiger partial charge in [-0.3, -0.25) is 14.6 Å². The van der Waals surface area contributed by atoms with Crippen LogP contribution in [0.25, 0.3) is 0 Å². The summed E-state index contributed by atoms with van der Waals surface area (Å²) in [6.07, 6.45) is 1.54. The molecule has 0 spiro atoms. The molecule has 0 unspecified atom stereocenters. The molecule has 0 aliphatic carbocycles. The van der Waals surface area contributed by atoms with Crippen LogP contribution in [-0.4, -0.2) is 16.7 Å². The molecule has 5 nitrogen and oxygen atoms in total. The number of nitrogens with zero attached hydrogens (tertiary/aromatic N) is 2. The van der Waals surface area contributed by atoms with E-state index in [1.807, 2.05) is 6.07 Å². The van der Waals surface area contributed by atoms with E-state index in [1.165, 1.54) is 13.1 Å². The van der Waals surface area contributed by atoms with Crippen LogP contribution >= 0.6 is 11.6 Å². The molecule has 0 radical (unpaired) electrons. The van der Waals surface area contributed by atoms with E-state index in [2.05, 4.69) is 10.3 Å². The maximum Gasteiger partial charge on any atom is 0.217 e. The molecular weight excluding hydrogens is 326 g/mol. The van der Waals surface area contributed by atoms with E-state index in [9.17, 15) is 14.9 Å². The first-order chi connectivity index (χ1) is 11.5. The van der Waals surface area contributed by atoms with E-state index < -0.39 is 12.0 Å². The number of hydrogen-bond donors (Lipinski definition) is 1. The zero-order chi connectivity index (χ0) is 17.5. The molecular formula is C18H16ClN3O2. The predicted octanol–water partition coefficient (Wildman–Crippen LogP) is 3.18. The Balaban J connectivity index is 2.22. The third-order valence-electron chi connectivity index (χ3n) is 3.49. The second-order valence-electron chi connectivity index (χ2n) is 5.29. The Morgan fingerprint density at radius 1 is 1.25 bits per heavy atom. The normalized spacial score (nSPS) is 12.7. The zero-order valence-electron chi connectivity index (χ0n) is 13.1. The minimum Gasteiger partial charge on any atom is -0.349 e. The first-order valence-electron chi connectivity index (χ1n) is 7.37. The minimum absolute atomic E-state index is 0.00396. The highest BCUT2D eigenvalue weighted by Crippen LogP contribution is 2.24. The molecule has 0 saturated heterocycles. The molecule has 1 amide bonds. The van der Waals surface area contributed by atoms with E-state index in [0.717, 1.165) is 5.56 Å². The average molecular weight is 342 g/mol. The molecule has 1 N–H and O–H groups in total. The molecule has 2 aromatic rings. The fourth-order valence-electron chi connectivity index (χ4n) is 2.36. The standard InChI is InChI=1S/C18H16ClN3O2/c1-12(23)22-17(13-5-7-14(19)8-6-13)10-18(24)15(11-20)16-4-2-3-9-21-16/h2-9,15,17H,10H2,1H3,(H,22,23)/t15-,17-/m1/s1. The van der Waals surface area contributed by atoms with Crippen LogP contribution in [0, 0.1) is 11.3 Å². The first kappa shape index (κ1) is 17.6. The van der Waals surface area contributed by atoms with Crippen molar-refractivity contribution in [2.75, 3.05) is 0 Å². The average Bonchev–Trinajstić information content (AvgIpc) is 2.56. The van der Waals surface area contributed by atoms with Gasteiger partial charge in [0.1, 0.15) is 5.92 Å². The molecule has 0 aliphatic heterocycles. The lowest BCUT2D eigenvalue weighted by molar-refractivity contribution is -0.121. The van der Waals surface area contributed by atoms with Crippen molar-refractivity contribution in [1.82, 2.24) is 10.3 Å². The predicted molar refractivity (Wildman–Crippen MR) is 90.2 cm³/mol. The fraction of sp³-hybridized carbons (Fsp3) is 0.222. The van der Waals surface area contributed by atoms with Crippen molar-refractivity contribution in [2.24, 2.45) is 0 Å². The molecule has 6 heteroatoms. The smallest absolute Gasteiger partial charge is 0.217 e. The number of Topliss-reactive ketones (excluding diaryl/α,β-unsaturated/α-hetero) is 1. The van der Waals surface area contributed by atoms with E-state index >= 15 is 0 Å². The van der Waals surface area contributed by atoms with Gasteiger partial charge in [-0.1, -0.05) is 29.8 Å². The monoisotopic (exact) mass is 341 g/mol. The van der Waals surface area contributed by atoms with Crippen molar-refractivity contribution in [1.29, 1.82) is 5.26 Å². The van der Waals surface area contributed by atoms with E-state index in [-0.39, 0.29) is 18.1 Å². The number of amides is 1. The Bertz CT molecular complexity index is 754. The molecule has 24 heavy (non-hydrogen) atoms. The van der Waals surface area contributed by atoms with Gasteiger partial charge in [0.25, 0.3) is 0 Å². The summed E-state index contributed by atoms with van der Waals surface area (Å²) in [6.45, 7) is 1.38. The van der Waals surface area contributed by atoms with Crippen molar-refractivity contribution in [2.45, 2.75) is 25.3 Å².